The summed E-state index contributed by atoms with van der Waals surface area (Å²) in [5, 5.41) is 6.59. The van der Waals surface area contributed by atoms with Crippen LogP contribution in [0.25, 0.3) is 0 Å². The van der Waals surface area contributed by atoms with E-state index in [1.807, 2.05) is 6.07 Å². The number of benzene rings is 1. The minimum atomic E-state index is -0.201. The van der Waals surface area contributed by atoms with Gasteiger partial charge in [0.1, 0.15) is 23.8 Å². The molecule has 1 aromatic carbocycles. The zero-order chi connectivity index (χ0) is 13.8. The smallest absolute Gasteiger partial charge is 0.131 e. The molecule has 2 aromatic rings. The van der Waals surface area contributed by atoms with E-state index in [-0.39, 0.29) is 5.82 Å². The van der Waals surface area contributed by atoms with E-state index in [1.165, 1.54) is 25.0 Å². The molecule has 0 aliphatic heterocycles. The molecule has 20 heavy (non-hydrogen) atoms. The second-order valence-electron chi connectivity index (χ2n) is 5.01. The van der Waals surface area contributed by atoms with E-state index >= 15 is 0 Å². The van der Waals surface area contributed by atoms with Crippen molar-refractivity contribution in [3.05, 3.63) is 48.0 Å². The van der Waals surface area contributed by atoms with Crippen molar-refractivity contribution in [3.8, 4) is 0 Å². The molecule has 1 aliphatic carbocycles. The Morgan fingerprint density at radius 3 is 2.60 bits per heavy atom. The van der Waals surface area contributed by atoms with Crippen LogP contribution in [0.2, 0.25) is 0 Å². The number of rotatable bonds is 6. The molecular formula is C15H17FN4. The van der Waals surface area contributed by atoms with Crippen LogP contribution in [0.3, 0.4) is 0 Å². The third-order valence-corrected chi connectivity index (χ3v) is 3.23. The van der Waals surface area contributed by atoms with E-state index in [2.05, 4.69) is 20.6 Å². The fourth-order valence-corrected chi connectivity index (χ4v) is 1.96. The van der Waals surface area contributed by atoms with Crippen LogP contribution in [0.5, 0.6) is 0 Å². The van der Waals surface area contributed by atoms with Crippen molar-refractivity contribution < 1.29 is 4.39 Å². The van der Waals surface area contributed by atoms with Crippen LogP contribution in [0.1, 0.15) is 18.4 Å². The number of aromatic nitrogens is 2. The Hall–Kier alpha value is -2.17. The van der Waals surface area contributed by atoms with E-state index < -0.39 is 0 Å². The fourth-order valence-electron chi connectivity index (χ4n) is 1.96. The van der Waals surface area contributed by atoms with Gasteiger partial charge in [-0.2, -0.15) is 0 Å². The van der Waals surface area contributed by atoms with Gasteiger partial charge in [0.2, 0.25) is 0 Å². The van der Waals surface area contributed by atoms with Gasteiger partial charge in [0.05, 0.1) is 0 Å². The van der Waals surface area contributed by atoms with E-state index in [4.69, 9.17) is 0 Å². The highest BCUT2D eigenvalue weighted by molar-refractivity contribution is 5.47. The fraction of sp³-hybridized carbons (Fsp3) is 0.333. The lowest BCUT2D eigenvalue weighted by Gasteiger charge is -2.08. The number of nitrogens with one attached hydrogen (secondary N) is 2. The SMILES string of the molecule is Fc1ccc(CCNc2cc(NC3CC3)ncn2)cc1. The average molecular weight is 272 g/mol. The first-order valence-corrected chi connectivity index (χ1v) is 6.86. The Balaban J connectivity index is 1.51. The molecule has 1 aliphatic rings. The van der Waals surface area contributed by atoms with Gasteiger partial charge < -0.3 is 10.6 Å². The van der Waals surface area contributed by atoms with Crippen LogP contribution in [-0.2, 0) is 6.42 Å². The zero-order valence-corrected chi connectivity index (χ0v) is 11.1. The van der Waals surface area contributed by atoms with Crippen LogP contribution in [0, 0.1) is 5.82 Å². The standard InChI is InChI=1S/C15H17FN4/c16-12-3-1-11(2-4-12)7-8-17-14-9-15(19-10-18-14)20-13-5-6-13/h1-4,9-10,13H,5-8H2,(H2,17,18,19,20). The Morgan fingerprint density at radius 1 is 1.10 bits per heavy atom. The van der Waals surface area contributed by atoms with Crippen LogP contribution >= 0.6 is 0 Å². The maximum absolute atomic E-state index is 12.8. The molecular weight excluding hydrogens is 255 g/mol. The molecule has 0 radical (unpaired) electrons. The van der Waals surface area contributed by atoms with Crippen LogP contribution < -0.4 is 10.6 Å². The van der Waals surface area contributed by atoms with Crippen molar-refractivity contribution >= 4 is 11.6 Å². The van der Waals surface area contributed by atoms with Gasteiger partial charge in [-0.15, -0.1) is 0 Å². The minimum absolute atomic E-state index is 0.201. The second kappa shape index (κ2) is 5.86. The molecule has 0 bridgehead atoms. The molecule has 0 unspecified atom stereocenters. The Labute approximate surface area is 117 Å². The lowest BCUT2D eigenvalue weighted by atomic mass is 10.1. The van der Waals surface area contributed by atoms with Gasteiger partial charge in [0.25, 0.3) is 0 Å². The van der Waals surface area contributed by atoms with Gasteiger partial charge in [-0.1, -0.05) is 12.1 Å². The first-order chi connectivity index (χ1) is 9.79. The van der Waals surface area contributed by atoms with Crippen molar-refractivity contribution in [2.24, 2.45) is 0 Å². The molecule has 2 N–H and O–H groups in total. The highest BCUT2D eigenvalue weighted by Gasteiger charge is 2.21. The van der Waals surface area contributed by atoms with Gasteiger partial charge in [0.15, 0.2) is 0 Å². The first kappa shape index (κ1) is 12.8. The van der Waals surface area contributed by atoms with Gasteiger partial charge in [-0.05, 0) is 37.0 Å². The summed E-state index contributed by atoms with van der Waals surface area (Å²) in [6.45, 7) is 0.755. The molecule has 1 saturated carbocycles. The first-order valence-electron chi connectivity index (χ1n) is 6.86. The number of anilines is 2. The summed E-state index contributed by atoms with van der Waals surface area (Å²) in [4.78, 5) is 8.38. The predicted molar refractivity (Wildman–Crippen MR) is 77.3 cm³/mol. The molecule has 5 heteroatoms. The summed E-state index contributed by atoms with van der Waals surface area (Å²) in [7, 11) is 0. The predicted octanol–water partition coefficient (Wildman–Crippen LogP) is 2.84. The van der Waals surface area contributed by atoms with Crippen LogP contribution in [-0.4, -0.2) is 22.6 Å². The molecule has 0 atom stereocenters. The summed E-state index contributed by atoms with van der Waals surface area (Å²) in [6.07, 6.45) is 4.83. The van der Waals surface area contributed by atoms with Crippen molar-refractivity contribution in [2.75, 3.05) is 17.2 Å². The molecule has 1 aromatic heterocycles. The summed E-state index contributed by atoms with van der Waals surface area (Å²) >= 11 is 0. The molecule has 104 valence electrons. The maximum atomic E-state index is 12.8. The van der Waals surface area contributed by atoms with Gasteiger partial charge >= 0.3 is 0 Å². The van der Waals surface area contributed by atoms with Crippen molar-refractivity contribution in [3.63, 3.8) is 0 Å². The monoisotopic (exact) mass is 272 g/mol. The maximum Gasteiger partial charge on any atom is 0.131 e. The third-order valence-electron chi connectivity index (χ3n) is 3.23. The van der Waals surface area contributed by atoms with Crippen molar-refractivity contribution in [1.82, 2.24) is 9.97 Å². The Kier molecular flexibility index (Phi) is 3.76. The Bertz CT molecular complexity index is 566. The third kappa shape index (κ3) is 3.66. The van der Waals surface area contributed by atoms with Crippen molar-refractivity contribution in [2.45, 2.75) is 25.3 Å². The van der Waals surface area contributed by atoms with Crippen molar-refractivity contribution in [1.29, 1.82) is 0 Å². The second-order valence-corrected chi connectivity index (χ2v) is 5.01. The summed E-state index contributed by atoms with van der Waals surface area (Å²) in [6, 6.07) is 9.07. The van der Waals surface area contributed by atoms with E-state index in [0.29, 0.717) is 6.04 Å². The largest absolute Gasteiger partial charge is 0.370 e. The summed E-state index contributed by atoms with van der Waals surface area (Å²) in [5.74, 6) is 1.48. The lowest BCUT2D eigenvalue weighted by Crippen LogP contribution is -2.08. The highest BCUT2D eigenvalue weighted by atomic mass is 19.1. The zero-order valence-electron chi connectivity index (χ0n) is 11.1. The topological polar surface area (TPSA) is 49.8 Å². The molecule has 3 rings (SSSR count). The number of hydrogen-bond donors (Lipinski definition) is 2. The quantitative estimate of drug-likeness (QED) is 0.849. The molecule has 0 saturated heterocycles. The summed E-state index contributed by atoms with van der Waals surface area (Å²) < 4.78 is 12.8. The van der Waals surface area contributed by atoms with Gasteiger partial charge in [0, 0.05) is 18.7 Å². The molecule has 0 amide bonds. The van der Waals surface area contributed by atoms with E-state index in [1.54, 1.807) is 18.5 Å². The number of hydrogen-bond acceptors (Lipinski definition) is 4. The number of nitrogens with zero attached hydrogens (tertiary/aromatic N) is 2. The van der Waals surface area contributed by atoms with Gasteiger partial charge in [-0.25, -0.2) is 14.4 Å². The Morgan fingerprint density at radius 2 is 1.85 bits per heavy atom. The van der Waals surface area contributed by atoms with Gasteiger partial charge in [-0.3, -0.25) is 0 Å². The van der Waals surface area contributed by atoms with E-state index in [0.717, 1.165) is 30.2 Å². The van der Waals surface area contributed by atoms with Crippen LogP contribution in [0.4, 0.5) is 16.0 Å². The molecule has 4 nitrogen and oxygen atoms in total. The number of halogens is 1. The molecule has 1 fully saturated rings. The average Bonchev–Trinajstić information content (AvgIpc) is 3.26. The minimum Gasteiger partial charge on any atom is -0.370 e. The van der Waals surface area contributed by atoms with Crippen LogP contribution in [0.15, 0.2) is 36.7 Å². The highest BCUT2D eigenvalue weighted by Crippen LogP contribution is 2.24. The lowest BCUT2D eigenvalue weighted by molar-refractivity contribution is 0.627. The van der Waals surface area contributed by atoms with E-state index in [9.17, 15) is 4.39 Å². The normalized spacial score (nSPS) is 14.1. The molecule has 0 spiro atoms. The summed E-state index contributed by atoms with van der Waals surface area (Å²) in [5.41, 5.74) is 1.10. The molecule has 1 heterocycles.